The van der Waals surface area contributed by atoms with Crippen LogP contribution in [-0.2, 0) is 0 Å². The van der Waals surface area contributed by atoms with E-state index in [9.17, 15) is 0 Å². The number of hydrogen-bond donors (Lipinski definition) is 1. The molecule has 1 aromatic rings. The first-order chi connectivity index (χ1) is 9.33. The van der Waals surface area contributed by atoms with Gasteiger partial charge in [-0.15, -0.1) is 12.4 Å². The van der Waals surface area contributed by atoms with Crippen molar-refractivity contribution >= 4 is 12.4 Å². The monoisotopic (exact) mass is 294 g/mol. The van der Waals surface area contributed by atoms with Crippen molar-refractivity contribution < 1.29 is 0 Å². The molecule has 0 radical (unpaired) electrons. The molecule has 1 aliphatic carbocycles. The van der Waals surface area contributed by atoms with Gasteiger partial charge in [-0.1, -0.05) is 30.3 Å². The number of hydrogen-bond acceptors (Lipinski definition) is 2. The topological polar surface area (TPSA) is 15.3 Å². The summed E-state index contributed by atoms with van der Waals surface area (Å²) in [4.78, 5) is 2.63. The van der Waals surface area contributed by atoms with Crippen molar-refractivity contribution in [3.8, 4) is 0 Å². The van der Waals surface area contributed by atoms with Crippen molar-refractivity contribution in [3.63, 3.8) is 0 Å². The van der Waals surface area contributed by atoms with Crippen LogP contribution >= 0.6 is 12.4 Å². The Morgan fingerprint density at radius 1 is 1.10 bits per heavy atom. The molecule has 1 aromatic carbocycles. The lowest BCUT2D eigenvalue weighted by Crippen LogP contribution is -2.43. The highest BCUT2D eigenvalue weighted by molar-refractivity contribution is 5.85. The van der Waals surface area contributed by atoms with E-state index in [2.05, 4.69) is 47.5 Å². The Bertz CT molecular complexity index is 383. The summed E-state index contributed by atoms with van der Waals surface area (Å²) in [6.45, 7) is 6.07. The van der Waals surface area contributed by atoms with Crippen LogP contribution in [0.15, 0.2) is 30.3 Å². The second-order valence-electron chi connectivity index (χ2n) is 6.25. The van der Waals surface area contributed by atoms with Gasteiger partial charge in [-0.05, 0) is 50.6 Å². The lowest BCUT2D eigenvalue weighted by Gasteiger charge is -2.36. The van der Waals surface area contributed by atoms with E-state index in [1.54, 1.807) is 0 Å². The predicted molar refractivity (Wildman–Crippen MR) is 87.4 cm³/mol. The number of nitrogens with zero attached hydrogens (tertiary/aromatic N) is 1. The fourth-order valence-electron chi connectivity index (χ4n) is 3.09. The minimum absolute atomic E-state index is 0. The second-order valence-corrected chi connectivity index (χ2v) is 6.25. The van der Waals surface area contributed by atoms with E-state index in [1.807, 2.05) is 0 Å². The van der Waals surface area contributed by atoms with Crippen molar-refractivity contribution in [1.29, 1.82) is 0 Å². The number of piperidine rings is 1. The van der Waals surface area contributed by atoms with Crippen molar-refractivity contribution in [2.24, 2.45) is 5.92 Å². The molecule has 1 N–H and O–H groups in total. The van der Waals surface area contributed by atoms with Gasteiger partial charge in [0, 0.05) is 25.2 Å². The standard InChI is InChI=1S/C17H26N2.ClH/c1-14(16-5-3-2-4-6-16)19-11-9-17(10-12-19)18-13-15-7-8-15;/h2-6,14-15,17-18H,7-13H2,1H3;1H. The molecule has 2 fully saturated rings. The number of rotatable bonds is 5. The number of likely N-dealkylation sites (tertiary alicyclic amines) is 1. The van der Waals surface area contributed by atoms with Gasteiger partial charge < -0.3 is 5.32 Å². The molecular formula is C17H27ClN2. The molecule has 2 nitrogen and oxygen atoms in total. The van der Waals surface area contributed by atoms with Crippen molar-refractivity contribution in [2.75, 3.05) is 19.6 Å². The lowest BCUT2D eigenvalue weighted by molar-refractivity contribution is 0.152. The highest BCUT2D eigenvalue weighted by Crippen LogP contribution is 2.28. The Labute approximate surface area is 129 Å². The molecule has 0 bridgehead atoms. The van der Waals surface area contributed by atoms with Crippen LogP contribution in [0.25, 0.3) is 0 Å². The minimum atomic E-state index is 0. The summed E-state index contributed by atoms with van der Waals surface area (Å²) in [7, 11) is 0. The van der Waals surface area contributed by atoms with Crippen LogP contribution < -0.4 is 5.32 Å². The zero-order valence-electron chi connectivity index (χ0n) is 12.4. The molecule has 1 unspecified atom stereocenters. The SMILES string of the molecule is CC(c1ccccc1)N1CCC(NCC2CC2)CC1.Cl. The summed E-state index contributed by atoms with van der Waals surface area (Å²) < 4.78 is 0. The van der Waals surface area contributed by atoms with Crippen LogP contribution in [0.2, 0.25) is 0 Å². The Kier molecular flexibility index (Phi) is 5.88. The molecule has 20 heavy (non-hydrogen) atoms. The van der Waals surface area contributed by atoms with Crippen LogP contribution in [0.4, 0.5) is 0 Å². The number of benzene rings is 1. The largest absolute Gasteiger partial charge is 0.314 e. The Morgan fingerprint density at radius 3 is 2.35 bits per heavy atom. The van der Waals surface area contributed by atoms with Crippen molar-refractivity contribution in [1.82, 2.24) is 10.2 Å². The number of halogens is 1. The summed E-state index contributed by atoms with van der Waals surface area (Å²) in [6.07, 6.45) is 5.53. The van der Waals surface area contributed by atoms with Gasteiger partial charge in [0.2, 0.25) is 0 Å². The zero-order chi connectivity index (χ0) is 13.1. The molecule has 2 aliphatic rings. The third-order valence-electron chi connectivity index (χ3n) is 4.75. The summed E-state index contributed by atoms with van der Waals surface area (Å²) in [5.74, 6) is 1.00. The Hall–Kier alpha value is -0.570. The first-order valence-electron chi connectivity index (χ1n) is 7.85. The normalized spacial score (nSPS) is 22.2. The average Bonchev–Trinajstić information content (AvgIpc) is 3.30. The van der Waals surface area contributed by atoms with Crippen LogP contribution in [0.1, 0.15) is 44.2 Å². The molecule has 3 heteroatoms. The van der Waals surface area contributed by atoms with Crippen LogP contribution in [0, 0.1) is 5.92 Å². The van der Waals surface area contributed by atoms with Gasteiger partial charge in [0.25, 0.3) is 0 Å². The molecule has 1 saturated heterocycles. The fourth-order valence-corrected chi connectivity index (χ4v) is 3.09. The van der Waals surface area contributed by atoms with E-state index in [1.165, 1.54) is 50.9 Å². The van der Waals surface area contributed by atoms with Gasteiger partial charge in [-0.25, -0.2) is 0 Å². The summed E-state index contributed by atoms with van der Waals surface area (Å²) in [5.41, 5.74) is 1.45. The Morgan fingerprint density at radius 2 is 1.75 bits per heavy atom. The van der Waals surface area contributed by atoms with Gasteiger partial charge in [-0.3, -0.25) is 4.90 Å². The molecule has 0 spiro atoms. The van der Waals surface area contributed by atoms with Gasteiger partial charge in [-0.2, -0.15) is 0 Å². The third kappa shape index (κ3) is 4.21. The maximum Gasteiger partial charge on any atom is 0.0319 e. The second kappa shape index (κ2) is 7.44. The van der Waals surface area contributed by atoms with Gasteiger partial charge in [0.15, 0.2) is 0 Å². The van der Waals surface area contributed by atoms with E-state index in [-0.39, 0.29) is 12.4 Å². The fraction of sp³-hybridized carbons (Fsp3) is 0.647. The molecule has 1 heterocycles. The summed E-state index contributed by atoms with van der Waals surface area (Å²) in [6, 6.07) is 12.2. The molecule has 0 amide bonds. The maximum absolute atomic E-state index is 3.76. The highest BCUT2D eigenvalue weighted by Gasteiger charge is 2.26. The quantitative estimate of drug-likeness (QED) is 0.892. The van der Waals surface area contributed by atoms with E-state index in [0.29, 0.717) is 6.04 Å². The molecular weight excluding hydrogens is 268 g/mol. The molecule has 0 aromatic heterocycles. The van der Waals surface area contributed by atoms with Crippen molar-refractivity contribution in [2.45, 2.75) is 44.7 Å². The van der Waals surface area contributed by atoms with Gasteiger partial charge in [0.1, 0.15) is 0 Å². The smallest absolute Gasteiger partial charge is 0.0319 e. The minimum Gasteiger partial charge on any atom is -0.314 e. The summed E-state index contributed by atoms with van der Waals surface area (Å²) in [5, 5.41) is 3.76. The molecule has 112 valence electrons. The number of nitrogens with one attached hydrogen (secondary N) is 1. The lowest BCUT2D eigenvalue weighted by atomic mass is 10.00. The van der Waals surface area contributed by atoms with Crippen LogP contribution in [0.5, 0.6) is 0 Å². The molecule has 3 rings (SSSR count). The molecule has 1 aliphatic heterocycles. The van der Waals surface area contributed by atoms with E-state index in [4.69, 9.17) is 0 Å². The first-order valence-corrected chi connectivity index (χ1v) is 7.85. The molecule has 1 saturated carbocycles. The third-order valence-corrected chi connectivity index (χ3v) is 4.75. The van der Waals surface area contributed by atoms with E-state index < -0.39 is 0 Å². The predicted octanol–water partition coefficient (Wildman–Crippen LogP) is 3.63. The van der Waals surface area contributed by atoms with Gasteiger partial charge in [0.05, 0.1) is 0 Å². The zero-order valence-corrected chi connectivity index (χ0v) is 13.2. The first kappa shape index (κ1) is 15.8. The summed E-state index contributed by atoms with van der Waals surface area (Å²) >= 11 is 0. The van der Waals surface area contributed by atoms with Gasteiger partial charge >= 0.3 is 0 Å². The van der Waals surface area contributed by atoms with Crippen LogP contribution in [-0.4, -0.2) is 30.6 Å². The highest BCUT2D eigenvalue weighted by atomic mass is 35.5. The van der Waals surface area contributed by atoms with Crippen molar-refractivity contribution in [3.05, 3.63) is 35.9 Å². The van der Waals surface area contributed by atoms with E-state index in [0.717, 1.165) is 12.0 Å². The molecule has 1 atom stereocenters. The Balaban J connectivity index is 0.00000147. The van der Waals surface area contributed by atoms with Crippen LogP contribution in [0.3, 0.4) is 0 Å². The maximum atomic E-state index is 3.76. The van der Waals surface area contributed by atoms with E-state index >= 15 is 0 Å². The average molecular weight is 295 g/mol.